The summed E-state index contributed by atoms with van der Waals surface area (Å²) in [6, 6.07) is 13.3. The molecule has 0 radical (unpaired) electrons. The number of hydrogen-bond acceptors (Lipinski definition) is 3. The van der Waals surface area contributed by atoms with Gasteiger partial charge in [0.15, 0.2) is 0 Å². The molecule has 0 bridgehead atoms. The van der Waals surface area contributed by atoms with E-state index in [4.69, 9.17) is 11.6 Å². The number of anilines is 1. The minimum atomic E-state index is -0.0339. The molecular weight excluding hydrogens is 342 g/mol. The van der Waals surface area contributed by atoms with Crippen LogP contribution in [0.5, 0.6) is 0 Å². The summed E-state index contributed by atoms with van der Waals surface area (Å²) in [5.74, 6) is 1.21. The van der Waals surface area contributed by atoms with Gasteiger partial charge >= 0.3 is 0 Å². The molecule has 3 aromatic rings. The smallest absolute Gasteiger partial charge is 0.234 e. The molecule has 124 valence electrons. The largest absolute Gasteiger partial charge is 0.341 e. The van der Waals surface area contributed by atoms with E-state index in [1.54, 1.807) is 17.8 Å². The van der Waals surface area contributed by atoms with Gasteiger partial charge in [0.25, 0.3) is 0 Å². The normalized spacial score (nSPS) is 12.3. The lowest BCUT2D eigenvalue weighted by atomic mass is 10.2. The van der Waals surface area contributed by atoms with E-state index in [-0.39, 0.29) is 11.2 Å². The maximum absolute atomic E-state index is 12.2. The molecule has 1 atom stereocenters. The van der Waals surface area contributed by atoms with Crippen molar-refractivity contribution in [2.24, 2.45) is 0 Å². The number of nitrogens with zero attached hydrogens (tertiary/aromatic N) is 1. The Kier molecular flexibility index (Phi) is 5.11. The third kappa shape index (κ3) is 3.91. The number of rotatable bonds is 5. The summed E-state index contributed by atoms with van der Waals surface area (Å²) in [4.78, 5) is 20.0. The van der Waals surface area contributed by atoms with Crippen molar-refractivity contribution in [3.8, 4) is 0 Å². The first-order valence-corrected chi connectivity index (χ1v) is 9.08. The van der Waals surface area contributed by atoms with Gasteiger partial charge < -0.3 is 10.3 Å². The molecule has 0 unspecified atom stereocenters. The molecule has 0 saturated heterocycles. The molecule has 3 rings (SSSR count). The third-order valence-electron chi connectivity index (χ3n) is 3.72. The van der Waals surface area contributed by atoms with Gasteiger partial charge in [0.2, 0.25) is 5.91 Å². The summed E-state index contributed by atoms with van der Waals surface area (Å²) in [6.07, 6.45) is 0. The topological polar surface area (TPSA) is 57.8 Å². The predicted molar refractivity (Wildman–Crippen MR) is 102 cm³/mol. The van der Waals surface area contributed by atoms with E-state index < -0.39 is 0 Å². The number of nitrogens with one attached hydrogen (secondary N) is 2. The number of aryl methyl sites for hydroxylation is 1. The Bertz CT molecular complexity index is 845. The Morgan fingerprint density at radius 1 is 1.33 bits per heavy atom. The number of carbonyl (C=O) groups is 1. The lowest BCUT2D eigenvalue weighted by molar-refractivity contribution is -0.113. The van der Waals surface area contributed by atoms with Crippen molar-refractivity contribution in [1.82, 2.24) is 9.97 Å². The molecule has 0 fully saturated rings. The summed E-state index contributed by atoms with van der Waals surface area (Å²) in [6.45, 7) is 3.97. The van der Waals surface area contributed by atoms with E-state index in [0.29, 0.717) is 10.8 Å². The maximum atomic E-state index is 12.2. The van der Waals surface area contributed by atoms with Crippen molar-refractivity contribution in [2.75, 3.05) is 11.1 Å². The van der Waals surface area contributed by atoms with Crippen molar-refractivity contribution in [3.05, 3.63) is 58.9 Å². The zero-order chi connectivity index (χ0) is 17.1. The molecule has 1 amide bonds. The summed E-state index contributed by atoms with van der Waals surface area (Å²) in [5, 5.41) is 3.69. The highest BCUT2D eigenvalue weighted by molar-refractivity contribution is 8.00. The molecule has 0 aliphatic carbocycles. The van der Waals surface area contributed by atoms with Gasteiger partial charge in [-0.05, 0) is 49.7 Å². The second-order valence-corrected chi connectivity index (χ2v) is 7.37. The summed E-state index contributed by atoms with van der Waals surface area (Å²) < 4.78 is 0. The molecule has 0 spiro atoms. The van der Waals surface area contributed by atoms with E-state index in [2.05, 4.69) is 15.3 Å². The Morgan fingerprint density at radius 3 is 2.88 bits per heavy atom. The SMILES string of the molecule is Cc1cc(Cl)ccc1NC(=O)CS[C@H](C)c1nc2ccccc2[nH]1. The van der Waals surface area contributed by atoms with Crippen LogP contribution in [0.4, 0.5) is 5.69 Å². The number of hydrogen-bond donors (Lipinski definition) is 2. The minimum absolute atomic E-state index is 0.0339. The zero-order valence-electron chi connectivity index (χ0n) is 13.5. The lowest BCUT2D eigenvalue weighted by Crippen LogP contribution is -2.15. The Balaban J connectivity index is 1.59. The number of imidazole rings is 1. The van der Waals surface area contributed by atoms with Gasteiger partial charge in [0.1, 0.15) is 5.82 Å². The summed E-state index contributed by atoms with van der Waals surface area (Å²) >= 11 is 7.48. The first-order valence-electron chi connectivity index (χ1n) is 7.65. The van der Waals surface area contributed by atoms with Crippen LogP contribution in [0.3, 0.4) is 0 Å². The van der Waals surface area contributed by atoms with E-state index >= 15 is 0 Å². The number of fused-ring (bicyclic) bond motifs is 1. The molecular formula is C18H18ClN3OS. The van der Waals surface area contributed by atoms with Crippen LogP contribution in [0.25, 0.3) is 11.0 Å². The molecule has 0 aliphatic rings. The number of aromatic amines is 1. The van der Waals surface area contributed by atoms with Gasteiger partial charge in [-0.15, -0.1) is 11.8 Å². The highest BCUT2D eigenvalue weighted by Crippen LogP contribution is 2.28. The molecule has 0 aliphatic heterocycles. The van der Waals surface area contributed by atoms with Gasteiger partial charge in [-0.25, -0.2) is 4.98 Å². The fourth-order valence-electron chi connectivity index (χ4n) is 2.40. The number of halogens is 1. The Hall–Kier alpha value is -1.98. The van der Waals surface area contributed by atoms with Crippen molar-refractivity contribution < 1.29 is 4.79 Å². The van der Waals surface area contributed by atoms with Crippen molar-refractivity contribution >= 4 is 46.0 Å². The highest BCUT2D eigenvalue weighted by Gasteiger charge is 2.14. The number of thioether (sulfide) groups is 1. The van der Waals surface area contributed by atoms with E-state index in [0.717, 1.165) is 28.1 Å². The van der Waals surface area contributed by atoms with E-state index in [1.807, 2.05) is 50.2 Å². The fourth-order valence-corrected chi connectivity index (χ4v) is 3.37. The van der Waals surface area contributed by atoms with Crippen LogP contribution in [0, 0.1) is 6.92 Å². The summed E-state index contributed by atoms with van der Waals surface area (Å²) in [5.41, 5.74) is 3.70. The molecule has 24 heavy (non-hydrogen) atoms. The quantitative estimate of drug-likeness (QED) is 0.677. The summed E-state index contributed by atoms with van der Waals surface area (Å²) in [7, 11) is 0. The molecule has 4 nitrogen and oxygen atoms in total. The monoisotopic (exact) mass is 359 g/mol. The first kappa shape index (κ1) is 16.9. The van der Waals surface area contributed by atoms with Crippen LogP contribution >= 0.6 is 23.4 Å². The molecule has 2 N–H and O–H groups in total. The Labute approximate surface area is 150 Å². The number of aromatic nitrogens is 2. The molecule has 6 heteroatoms. The van der Waals surface area contributed by atoms with Crippen molar-refractivity contribution in [1.29, 1.82) is 0 Å². The Morgan fingerprint density at radius 2 is 2.12 bits per heavy atom. The van der Waals surface area contributed by atoms with E-state index in [9.17, 15) is 4.79 Å². The maximum Gasteiger partial charge on any atom is 0.234 e. The molecule has 1 aromatic heterocycles. The number of para-hydroxylation sites is 2. The number of carbonyl (C=O) groups excluding carboxylic acids is 1. The van der Waals surface area contributed by atoms with Gasteiger partial charge in [-0.3, -0.25) is 4.79 Å². The van der Waals surface area contributed by atoms with Crippen LogP contribution in [0.2, 0.25) is 5.02 Å². The fraction of sp³-hybridized carbons (Fsp3) is 0.222. The third-order valence-corrected chi connectivity index (χ3v) is 5.11. The van der Waals surface area contributed by atoms with E-state index in [1.165, 1.54) is 0 Å². The van der Waals surface area contributed by atoms with Crippen LogP contribution in [0.15, 0.2) is 42.5 Å². The number of H-pyrrole nitrogens is 1. The van der Waals surface area contributed by atoms with Gasteiger partial charge in [0, 0.05) is 10.7 Å². The number of amides is 1. The molecule has 0 saturated carbocycles. The van der Waals surface area contributed by atoms with Crippen LogP contribution in [-0.2, 0) is 4.79 Å². The second kappa shape index (κ2) is 7.28. The van der Waals surface area contributed by atoms with Gasteiger partial charge in [-0.1, -0.05) is 23.7 Å². The highest BCUT2D eigenvalue weighted by atomic mass is 35.5. The minimum Gasteiger partial charge on any atom is -0.341 e. The standard InChI is InChI=1S/C18H18ClN3OS/c1-11-9-13(19)7-8-14(11)20-17(23)10-24-12(2)18-21-15-5-3-4-6-16(15)22-18/h3-9,12H,10H2,1-2H3,(H,20,23)(H,21,22)/t12-/m1/s1. The van der Waals surface area contributed by atoms with Crippen LogP contribution in [-0.4, -0.2) is 21.6 Å². The average molecular weight is 360 g/mol. The average Bonchev–Trinajstić information content (AvgIpc) is 2.99. The molecule has 2 aromatic carbocycles. The first-order chi connectivity index (χ1) is 11.5. The van der Waals surface area contributed by atoms with Crippen LogP contribution < -0.4 is 5.32 Å². The van der Waals surface area contributed by atoms with Crippen molar-refractivity contribution in [2.45, 2.75) is 19.1 Å². The lowest BCUT2D eigenvalue weighted by Gasteiger charge is -2.11. The van der Waals surface area contributed by atoms with Gasteiger partial charge in [-0.2, -0.15) is 0 Å². The van der Waals surface area contributed by atoms with Crippen molar-refractivity contribution in [3.63, 3.8) is 0 Å². The predicted octanol–water partition coefficient (Wildman–Crippen LogP) is 4.96. The zero-order valence-corrected chi connectivity index (χ0v) is 15.0. The van der Waals surface area contributed by atoms with Gasteiger partial charge in [0.05, 0.1) is 22.0 Å². The van der Waals surface area contributed by atoms with Crippen LogP contribution in [0.1, 0.15) is 23.6 Å². The molecule has 1 heterocycles. The second-order valence-electron chi connectivity index (χ2n) is 5.60. The number of benzene rings is 2.